The van der Waals surface area contributed by atoms with Gasteiger partial charge in [-0.25, -0.2) is 0 Å². The first-order valence-corrected chi connectivity index (χ1v) is 5.88. The normalized spacial score (nSPS) is 10.8. The zero-order valence-corrected chi connectivity index (χ0v) is 10.4. The molecular weight excluding hydrogens is 268 g/mol. The van der Waals surface area contributed by atoms with Gasteiger partial charge in [-0.15, -0.1) is 0 Å². The van der Waals surface area contributed by atoms with E-state index in [9.17, 15) is 0 Å². The highest BCUT2D eigenvalue weighted by molar-refractivity contribution is 6.28. The SMILES string of the molecule is OCc1ccc(Oc2nc(Cl)nc3[nH]ncc23)cc1. The maximum absolute atomic E-state index is 8.98. The summed E-state index contributed by atoms with van der Waals surface area (Å²) in [4.78, 5) is 8.02. The van der Waals surface area contributed by atoms with Crippen LogP contribution in [0.4, 0.5) is 0 Å². The summed E-state index contributed by atoms with van der Waals surface area (Å²) in [6.45, 7) is -0.00834. The van der Waals surface area contributed by atoms with Gasteiger partial charge < -0.3 is 9.84 Å². The van der Waals surface area contributed by atoms with Crippen molar-refractivity contribution in [3.8, 4) is 11.6 Å². The molecule has 0 saturated carbocycles. The minimum atomic E-state index is -0.00834. The minimum Gasteiger partial charge on any atom is -0.438 e. The molecule has 3 rings (SSSR count). The number of halogens is 1. The Morgan fingerprint density at radius 3 is 2.74 bits per heavy atom. The van der Waals surface area contributed by atoms with E-state index in [4.69, 9.17) is 21.4 Å². The molecule has 2 heterocycles. The lowest BCUT2D eigenvalue weighted by atomic mass is 10.2. The quantitative estimate of drug-likeness (QED) is 0.717. The van der Waals surface area contributed by atoms with Crippen molar-refractivity contribution in [2.45, 2.75) is 6.61 Å². The number of H-pyrrole nitrogens is 1. The predicted octanol–water partition coefficient (Wildman–Crippen LogP) is 2.29. The second-order valence-corrected chi connectivity index (χ2v) is 4.17. The van der Waals surface area contributed by atoms with Crippen LogP contribution in [0.15, 0.2) is 30.5 Å². The Morgan fingerprint density at radius 2 is 2.00 bits per heavy atom. The molecule has 3 aromatic rings. The number of aromatic nitrogens is 4. The van der Waals surface area contributed by atoms with E-state index in [0.717, 1.165) is 5.56 Å². The first-order valence-electron chi connectivity index (χ1n) is 5.50. The standard InChI is InChI=1S/C12H9ClN4O2/c13-12-15-10-9(5-14-17-10)11(16-12)19-8-3-1-7(6-18)2-4-8/h1-5,18H,6H2,(H,14,15,16,17). The molecule has 0 spiro atoms. The molecule has 0 bridgehead atoms. The summed E-state index contributed by atoms with van der Waals surface area (Å²) in [5.74, 6) is 0.926. The zero-order valence-electron chi connectivity index (χ0n) is 9.67. The number of nitrogens with zero attached hydrogens (tertiary/aromatic N) is 3. The molecule has 7 heteroatoms. The Morgan fingerprint density at radius 1 is 1.21 bits per heavy atom. The first-order chi connectivity index (χ1) is 9.26. The van der Waals surface area contributed by atoms with Crippen LogP contribution in [0.25, 0.3) is 11.0 Å². The molecule has 0 atom stereocenters. The Kier molecular flexibility index (Phi) is 3.02. The second kappa shape index (κ2) is 4.83. The van der Waals surface area contributed by atoms with Crippen molar-refractivity contribution in [1.29, 1.82) is 0 Å². The molecule has 0 unspecified atom stereocenters. The van der Waals surface area contributed by atoms with Crippen LogP contribution in [0.1, 0.15) is 5.56 Å². The Labute approximate surface area is 113 Å². The number of ether oxygens (including phenoxy) is 1. The van der Waals surface area contributed by atoms with Crippen molar-refractivity contribution in [2.75, 3.05) is 0 Å². The molecular formula is C12H9ClN4O2. The number of rotatable bonds is 3. The highest BCUT2D eigenvalue weighted by Crippen LogP contribution is 2.27. The molecule has 96 valence electrons. The summed E-state index contributed by atoms with van der Waals surface area (Å²) >= 11 is 5.81. The fourth-order valence-corrected chi connectivity index (χ4v) is 1.80. The number of benzene rings is 1. The van der Waals surface area contributed by atoms with Gasteiger partial charge in [0.1, 0.15) is 11.1 Å². The average molecular weight is 277 g/mol. The predicted molar refractivity (Wildman–Crippen MR) is 69.1 cm³/mol. The molecule has 0 amide bonds. The maximum atomic E-state index is 8.98. The van der Waals surface area contributed by atoms with E-state index in [1.165, 1.54) is 0 Å². The van der Waals surface area contributed by atoms with E-state index in [2.05, 4.69) is 20.2 Å². The molecule has 0 aliphatic carbocycles. The lowest BCUT2D eigenvalue weighted by Gasteiger charge is -2.06. The van der Waals surface area contributed by atoms with Gasteiger partial charge >= 0.3 is 0 Å². The summed E-state index contributed by atoms with van der Waals surface area (Å²) in [7, 11) is 0. The van der Waals surface area contributed by atoms with E-state index >= 15 is 0 Å². The molecule has 2 N–H and O–H groups in total. The molecule has 19 heavy (non-hydrogen) atoms. The highest BCUT2D eigenvalue weighted by Gasteiger charge is 2.10. The van der Waals surface area contributed by atoms with Gasteiger partial charge in [-0.05, 0) is 29.3 Å². The van der Waals surface area contributed by atoms with Crippen LogP contribution in [0.2, 0.25) is 5.28 Å². The van der Waals surface area contributed by atoms with E-state index in [-0.39, 0.29) is 11.9 Å². The first kappa shape index (κ1) is 11.9. The summed E-state index contributed by atoms with van der Waals surface area (Å²) in [5, 5.41) is 16.3. The Hall–Kier alpha value is -2.18. The van der Waals surface area contributed by atoms with Gasteiger partial charge in [0.15, 0.2) is 5.65 Å². The van der Waals surface area contributed by atoms with Crippen LogP contribution < -0.4 is 4.74 Å². The molecule has 2 aromatic heterocycles. The van der Waals surface area contributed by atoms with Gasteiger partial charge in [-0.2, -0.15) is 15.1 Å². The van der Waals surface area contributed by atoms with Gasteiger partial charge in [-0.3, -0.25) is 5.10 Å². The third kappa shape index (κ3) is 2.35. The van der Waals surface area contributed by atoms with Crippen LogP contribution >= 0.6 is 11.6 Å². The van der Waals surface area contributed by atoms with Crippen LogP contribution in [0.3, 0.4) is 0 Å². The van der Waals surface area contributed by atoms with E-state index < -0.39 is 0 Å². The zero-order chi connectivity index (χ0) is 13.2. The van der Waals surface area contributed by atoms with Crippen LogP contribution in [0, 0.1) is 0 Å². The highest BCUT2D eigenvalue weighted by atomic mass is 35.5. The van der Waals surface area contributed by atoms with Crippen molar-refractivity contribution >= 4 is 22.6 Å². The molecule has 1 aromatic carbocycles. The fraction of sp³-hybridized carbons (Fsp3) is 0.0833. The number of hydrogen-bond donors (Lipinski definition) is 2. The molecule has 0 radical (unpaired) electrons. The number of hydrogen-bond acceptors (Lipinski definition) is 5. The van der Waals surface area contributed by atoms with Crippen LogP contribution in [0.5, 0.6) is 11.6 Å². The van der Waals surface area contributed by atoms with E-state index in [1.54, 1.807) is 30.5 Å². The lowest BCUT2D eigenvalue weighted by molar-refractivity contribution is 0.281. The van der Waals surface area contributed by atoms with Crippen molar-refractivity contribution in [3.63, 3.8) is 0 Å². The molecule has 0 fully saturated rings. The third-order valence-corrected chi connectivity index (χ3v) is 2.74. The summed E-state index contributed by atoms with van der Waals surface area (Å²) in [5.41, 5.74) is 1.32. The minimum absolute atomic E-state index is 0.00834. The number of aliphatic hydroxyl groups excluding tert-OH is 1. The van der Waals surface area contributed by atoms with Crippen molar-refractivity contribution in [3.05, 3.63) is 41.3 Å². The Balaban J connectivity index is 1.97. The van der Waals surface area contributed by atoms with Gasteiger partial charge in [0.2, 0.25) is 11.2 Å². The third-order valence-electron chi connectivity index (χ3n) is 2.57. The number of nitrogens with one attached hydrogen (secondary N) is 1. The van der Waals surface area contributed by atoms with Crippen molar-refractivity contribution in [1.82, 2.24) is 20.2 Å². The van der Waals surface area contributed by atoms with Crippen LogP contribution in [-0.2, 0) is 6.61 Å². The fourth-order valence-electron chi connectivity index (χ4n) is 1.63. The molecule has 6 nitrogen and oxygen atoms in total. The summed E-state index contributed by atoms with van der Waals surface area (Å²) < 4.78 is 5.65. The van der Waals surface area contributed by atoms with Gasteiger partial charge in [0, 0.05) is 0 Å². The largest absolute Gasteiger partial charge is 0.438 e. The maximum Gasteiger partial charge on any atom is 0.234 e. The smallest absolute Gasteiger partial charge is 0.234 e. The van der Waals surface area contributed by atoms with Crippen LogP contribution in [-0.4, -0.2) is 25.3 Å². The van der Waals surface area contributed by atoms with E-state index in [0.29, 0.717) is 22.7 Å². The number of fused-ring (bicyclic) bond motifs is 1. The van der Waals surface area contributed by atoms with Gasteiger partial charge in [-0.1, -0.05) is 12.1 Å². The molecule has 0 aliphatic rings. The van der Waals surface area contributed by atoms with Gasteiger partial charge in [0.05, 0.1) is 12.8 Å². The summed E-state index contributed by atoms with van der Waals surface area (Å²) in [6, 6.07) is 7.02. The monoisotopic (exact) mass is 276 g/mol. The van der Waals surface area contributed by atoms with Gasteiger partial charge in [0.25, 0.3) is 0 Å². The Bertz CT molecular complexity index is 711. The van der Waals surface area contributed by atoms with Crippen molar-refractivity contribution in [2.24, 2.45) is 0 Å². The second-order valence-electron chi connectivity index (χ2n) is 3.83. The van der Waals surface area contributed by atoms with Crippen molar-refractivity contribution < 1.29 is 9.84 Å². The lowest BCUT2D eigenvalue weighted by Crippen LogP contribution is -1.92. The van der Waals surface area contributed by atoms with E-state index in [1.807, 2.05) is 0 Å². The number of aromatic amines is 1. The molecule has 0 saturated heterocycles. The molecule has 0 aliphatic heterocycles. The average Bonchev–Trinajstić information content (AvgIpc) is 2.88. The summed E-state index contributed by atoms with van der Waals surface area (Å²) in [6.07, 6.45) is 1.57. The number of aliphatic hydroxyl groups is 1. The topological polar surface area (TPSA) is 83.9 Å².